The molecule has 0 unspecified atom stereocenters. The number of ketones is 1. The van der Waals surface area contributed by atoms with E-state index >= 15 is 0 Å². The minimum atomic E-state index is -0.510. The van der Waals surface area contributed by atoms with Gasteiger partial charge in [0, 0.05) is 22.6 Å². The highest BCUT2D eigenvalue weighted by atomic mass is 32.1. The lowest BCUT2D eigenvalue weighted by Crippen LogP contribution is -1.96. The average Bonchev–Trinajstić information content (AvgIpc) is 2.81. The van der Waals surface area contributed by atoms with Gasteiger partial charge in [0.05, 0.1) is 4.92 Å². The normalized spacial score (nSPS) is 10.8. The molecule has 0 spiro atoms. The van der Waals surface area contributed by atoms with Gasteiger partial charge in [0.15, 0.2) is 5.78 Å². The van der Waals surface area contributed by atoms with Crippen molar-refractivity contribution in [2.75, 3.05) is 0 Å². The quantitative estimate of drug-likeness (QED) is 0.368. The van der Waals surface area contributed by atoms with Crippen LogP contribution in [0.25, 0.3) is 6.08 Å². The molecule has 0 aliphatic rings. The van der Waals surface area contributed by atoms with E-state index in [0.717, 1.165) is 10.4 Å². The molecule has 1 aromatic carbocycles. The summed E-state index contributed by atoms with van der Waals surface area (Å²) in [6.07, 6.45) is 3.18. The second-order valence-corrected chi connectivity index (χ2v) is 4.92. The molecule has 0 radical (unpaired) electrons. The summed E-state index contributed by atoms with van der Waals surface area (Å²) in [4.78, 5) is 23.1. The smallest absolute Gasteiger partial charge is 0.270 e. The van der Waals surface area contributed by atoms with Crippen molar-refractivity contribution in [3.8, 4) is 0 Å². The third-order valence-electron chi connectivity index (χ3n) is 2.63. The number of carbonyl (C=O) groups excluding carboxylic acids is 1. The molecule has 2 rings (SSSR count). The molecular weight excluding hydrogens is 262 g/mol. The fourth-order valence-corrected chi connectivity index (χ4v) is 2.39. The number of non-ortho nitro benzene ring substituents is 1. The van der Waals surface area contributed by atoms with E-state index in [0.29, 0.717) is 5.56 Å². The molecule has 0 saturated heterocycles. The van der Waals surface area contributed by atoms with Crippen LogP contribution >= 0.6 is 11.3 Å². The number of nitro benzene ring substituents is 1. The van der Waals surface area contributed by atoms with Crippen molar-refractivity contribution >= 4 is 28.9 Å². The fourth-order valence-electron chi connectivity index (χ4n) is 1.58. The molecule has 0 fully saturated rings. The lowest BCUT2D eigenvalue weighted by Gasteiger charge is -1.96. The molecule has 1 aromatic heterocycles. The Morgan fingerprint density at radius 2 is 2.16 bits per heavy atom. The first-order chi connectivity index (χ1) is 9.08. The lowest BCUT2D eigenvalue weighted by atomic mass is 10.1. The second kappa shape index (κ2) is 5.58. The van der Waals surface area contributed by atoms with Crippen molar-refractivity contribution < 1.29 is 9.72 Å². The first-order valence-corrected chi connectivity index (χ1v) is 6.47. The number of nitrogens with zero attached hydrogens (tertiary/aromatic N) is 1. The summed E-state index contributed by atoms with van der Waals surface area (Å²) >= 11 is 1.55. The van der Waals surface area contributed by atoms with Gasteiger partial charge in [-0.05, 0) is 36.1 Å². The second-order valence-electron chi connectivity index (χ2n) is 3.97. The van der Waals surface area contributed by atoms with E-state index in [1.54, 1.807) is 23.5 Å². The number of benzene rings is 1. The molecule has 5 heteroatoms. The van der Waals surface area contributed by atoms with E-state index < -0.39 is 4.92 Å². The van der Waals surface area contributed by atoms with Gasteiger partial charge < -0.3 is 0 Å². The highest BCUT2D eigenvalue weighted by Crippen LogP contribution is 2.18. The number of aryl methyl sites for hydroxylation is 1. The number of nitro groups is 1. The predicted molar refractivity (Wildman–Crippen MR) is 75.5 cm³/mol. The maximum absolute atomic E-state index is 11.9. The third-order valence-corrected chi connectivity index (χ3v) is 3.61. The molecule has 0 bridgehead atoms. The predicted octanol–water partition coefficient (Wildman–Crippen LogP) is 3.86. The Morgan fingerprint density at radius 3 is 2.79 bits per heavy atom. The number of carbonyl (C=O) groups is 1. The molecule has 1 heterocycles. The van der Waals surface area contributed by atoms with E-state index in [2.05, 4.69) is 0 Å². The fraction of sp³-hybridized carbons (Fsp3) is 0.0714. The standard InChI is InChI=1S/C14H11NO3S/c1-10-7-8-19-14(10)6-5-13(16)11-3-2-4-12(9-11)15(17)18/h2-9H,1H3. The summed E-state index contributed by atoms with van der Waals surface area (Å²) in [5, 5.41) is 12.6. The van der Waals surface area contributed by atoms with Gasteiger partial charge in [-0.3, -0.25) is 14.9 Å². The molecule has 0 aliphatic heterocycles. The molecule has 96 valence electrons. The van der Waals surface area contributed by atoms with Gasteiger partial charge in [-0.25, -0.2) is 0 Å². The average molecular weight is 273 g/mol. The Morgan fingerprint density at radius 1 is 1.37 bits per heavy atom. The minimum Gasteiger partial charge on any atom is -0.289 e. The monoisotopic (exact) mass is 273 g/mol. The van der Waals surface area contributed by atoms with Crippen LogP contribution in [0.5, 0.6) is 0 Å². The molecule has 0 N–H and O–H groups in total. The Hall–Kier alpha value is -2.27. The molecule has 0 atom stereocenters. The molecule has 2 aromatic rings. The maximum atomic E-state index is 11.9. The summed E-state index contributed by atoms with van der Waals surface area (Å²) in [5.74, 6) is -0.239. The zero-order valence-electron chi connectivity index (χ0n) is 10.2. The van der Waals surface area contributed by atoms with Crippen LogP contribution < -0.4 is 0 Å². The maximum Gasteiger partial charge on any atom is 0.270 e. The van der Waals surface area contributed by atoms with E-state index in [1.165, 1.54) is 24.3 Å². The van der Waals surface area contributed by atoms with Crippen molar-refractivity contribution in [1.82, 2.24) is 0 Å². The van der Waals surface area contributed by atoms with Crippen LogP contribution in [0, 0.1) is 17.0 Å². The van der Waals surface area contributed by atoms with Crippen LogP contribution in [-0.4, -0.2) is 10.7 Å². The Labute approximate surface area is 114 Å². The van der Waals surface area contributed by atoms with E-state index in [4.69, 9.17) is 0 Å². The zero-order chi connectivity index (χ0) is 13.8. The number of hydrogen-bond acceptors (Lipinski definition) is 4. The van der Waals surface area contributed by atoms with Gasteiger partial charge >= 0.3 is 0 Å². The van der Waals surface area contributed by atoms with Crippen molar-refractivity contribution in [3.63, 3.8) is 0 Å². The van der Waals surface area contributed by atoms with Gasteiger partial charge in [-0.1, -0.05) is 12.1 Å². The van der Waals surface area contributed by atoms with Crippen molar-refractivity contribution in [1.29, 1.82) is 0 Å². The lowest BCUT2D eigenvalue weighted by molar-refractivity contribution is -0.384. The van der Waals surface area contributed by atoms with Crippen LogP contribution in [0.4, 0.5) is 5.69 Å². The molecular formula is C14H11NO3S. The Balaban J connectivity index is 2.21. The van der Waals surface area contributed by atoms with Gasteiger partial charge in [-0.2, -0.15) is 0 Å². The topological polar surface area (TPSA) is 60.2 Å². The third kappa shape index (κ3) is 3.14. The van der Waals surface area contributed by atoms with Gasteiger partial charge in [0.2, 0.25) is 0 Å². The van der Waals surface area contributed by atoms with Crippen LogP contribution in [0.1, 0.15) is 20.8 Å². The number of hydrogen-bond donors (Lipinski definition) is 0. The van der Waals surface area contributed by atoms with Gasteiger partial charge in [0.25, 0.3) is 5.69 Å². The van der Waals surface area contributed by atoms with Crippen LogP contribution in [0.3, 0.4) is 0 Å². The summed E-state index contributed by atoms with van der Waals surface area (Å²) < 4.78 is 0. The summed E-state index contributed by atoms with van der Waals surface area (Å²) in [5.41, 5.74) is 1.35. The molecule has 0 amide bonds. The van der Waals surface area contributed by atoms with Crippen LogP contribution in [-0.2, 0) is 0 Å². The number of allylic oxidation sites excluding steroid dienone is 1. The largest absolute Gasteiger partial charge is 0.289 e. The first-order valence-electron chi connectivity index (χ1n) is 5.59. The Kier molecular flexibility index (Phi) is 3.87. The van der Waals surface area contributed by atoms with Crippen molar-refractivity contribution in [3.05, 3.63) is 67.9 Å². The van der Waals surface area contributed by atoms with Crippen LogP contribution in [0.15, 0.2) is 41.8 Å². The van der Waals surface area contributed by atoms with Crippen molar-refractivity contribution in [2.24, 2.45) is 0 Å². The SMILES string of the molecule is Cc1ccsc1C=CC(=O)c1cccc([N+](=O)[O-])c1. The van der Waals surface area contributed by atoms with E-state index in [9.17, 15) is 14.9 Å². The van der Waals surface area contributed by atoms with E-state index in [-0.39, 0.29) is 11.5 Å². The van der Waals surface area contributed by atoms with Gasteiger partial charge in [-0.15, -0.1) is 11.3 Å². The van der Waals surface area contributed by atoms with Crippen LogP contribution in [0.2, 0.25) is 0 Å². The Bertz CT molecular complexity index is 658. The molecule has 19 heavy (non-hydrogen) atoms. The summed E-state index contributed by atoms with van der Waals surface area (Å²) in [6.45, 7) is 1.97. The number of rotatable bonds is 4. The highest BCUT2D eigenvalue weighted by Gasteiger charge is 2.09. The van der Waals surface area contributed by atoms with Gasteiger partial charge in [0.1, 0.15) is 0 Å². The van der Waals surface area contributed by atoms with Crippen molar-refractivity contribution in [2.45, 2.75) is 6.92 Å². The summed E-state index contributed by atoms with van der Waals surface area (Å²) in [7, 11) is 0. The summed E-state index contributed by atoms with van der Waals surface area (Å²) in [6, 6.07) is 7.70. The van der Waals surface area contributed by atoms with E-state index in [1.807, 2.05) is 18.4 Å². The first kappa shape index (κ1) is 13.2. The zero-order valence-corrected chi connectivity index (χ0v) is 11.0. The highest BCUT2D eigenvalue weighted by molar-refractivity contribution is 7.11. The number of thiophene rings is 1. The molecule has 4 nitrogen and oxygen atoms in total. The molecule has 0 aliphatic carbocycles. The minimum absolute atomic E-state index is 0.0773. The molecule has 0 saturated carbocycles.